The quantitative estimate of drug-likeness (QED) is 0.649. The van der Waals surface area contributed by atoms with Crippen molar-refractivity contribution in [3.63, 3.8) is 0 Å². The van der Waals surface area contributed by atoms with E-state index in [0.717, 1.165) is 17.7 Å². The normalized spacial score (nSPS) is 15.8. The molecule has 3 heteroatoms. The van der Waals surface area contributed by atoms with Gasteiger partial charge in [-0.3, -0.25) is 4.79 Å². The lowest BCUT2D eigenvalue weighted by Gasteiger charge is -2.25. The van der Waals surface area contributed by atoms with Gasteiger partial charge in [0.25, 0.3) is 0 Å². The minimum absolute atomic E-state index is 0.109. The van der Waals surface area contributed by atoms with Crippen LogP contribution in [0.4, 0.5) is 5.69 Å². The highest BCUT2D eigenvalue weighted by Crippen LogP contribution is 2.29. The molecule has 2 rings (SSSR count). The average Bonchev–Trinajstić information content (AvgIpc) is 2.12. The average molecular weight is 177 g/mol. The lowest BCUT2D eigenvalue weighted by atomic mass is 10.0. The zero-order valence-corrected chi connectivity index (χ0v) is 7.45. The molecule has 68 valence electrons. The van der Waals surface area contributed by atoms with E-state index >= 15 is 0 Å². The van der Waals surface area contributed by atoms with Crippen LogP contribution in [0.1, 0.15) is 12.0 Å². The van der Waals surface area contributed by atoms with Crippen molar-refractivity contribution in [2.75, 3.05) is 11.9 Å². The number of phenols is 1. The van der Waals surface area contributed by atoms with Crippen molar-refractivity contribution >= 4 is 11.6 Å². The van der Waals surface area contributed by atoms with Crippen LogP contribution in [-0.2, 0) is 11.2 Å². The van der Waals surface area contributed by atoms with Gasteiger partial charge in [-0.15, -0.1) is 0 Å². The molecule has 0 unspecified atom stereocenters. The molecule has 0 aromatic heterocycles. The fraction of sp³-hybridized carbons (Fsp3) is 0.300. The van der Waals surface area contributed by atoms with E-state index in [4.69, 9.17) is 0 Å². The van der Waals surface area contributed by atoms with Crippen molar-refractivity contribution < 1.29 is 9.90 Å². The SMILES string of the molecule is CN1C(=O)CCc2ccc(O)cc21. The first-order chi connectivity index (χ1) is 6.18. The Bertz CT molecular complexity index is 360. The first kappa shape index (κ1) is 8.10. The Hall–Kier alpha value is -1.51. The molecule has 0 spiro atoms. The number of amides is 1. The van der Waals surface area contributed by atoms with E-state index in [-0.39, 0.29) is 11.7 Å². The van der Waals surface area contributed by atoms with Gasteiger partial charge in [0.05, 0.1) is 5.69 Å². The van der Waals surface area contributed by atoms with Crippen LogP contribution in [0.15, 0.2) is 18.2 Å². The van der Waals surface area contributed by atoms with Crippen LogP contribution in [0.2, 0.25) is 0 Å². The van der Waals surface area contributed by atoms with Crippen molar-refractivity contribution in [1.82, 2.24) is 0 Å². The molecular formula is C10H11NO2. The molecule has 3 nitrogen and oxygen atoms in total. The Morgan fingerprint density at radius 2 is 2.15 bits per heavy atom. The summed E-state index contributed by atoms with van der Waals surface area (Å²) < 4.78 is 0. The monoisotopic (exact) mass is 177 g/mol. The number of aryl methyl sites for hydroxylation is 1. The number of fused-ring (bicyclic) bond motifs is 1. The number of rotatable bonds is 0. The molecule has 0 fully saturated rings. The van der Waals surface area contributed by atoms with Gasteiger partial charge in [-0.25, -0.2) is 0 Å². The van der Waals surface area contributed by atoms with Crippen molar-refractivity contribution in [3.8, 4) is 5.75 Å². The number of anilines is 1. The van der Waals surface area contributed by atoms with Crippen LogP contribution >= 0.6 is 0 Å². The number of carbonyl (C=O) groups is 1. The Morgan fingerprint density at radius 1 is 1.38 bits per heavy atom. The molecule has 0 aliphatic carbocycles. The molecule has 1 amide bonds. The van der Waals surface area contributed by atoms with E-state index in [1.54, 1.807) is 24.1 Å². The Kier molecular flexibility index (Phi) is 1.72. The highest BCUT2D eigenvalue weighted by atomic mass is 16.3. The maximum Gasteiger partial charge on any atom is 0.227 e. The third kappa shape index (κ3) is 1.26. The van der Waals surface area contributed by atoms with Crippen molar-refractivity contribution in [3.05, 3.63) is 23.8 Å². The molecule has 1 heterocycles. The van der Waals surface area contributed by atoms with Crippen molar-refractivity contribution in [1.29, 1.82) is 0 Å². The minimum atomic E-state index is 0.109. The summed E-state index contributed by atoms with van der Waals surface area (Å²) in [5.41, 5.74) is 1.95. The lowest BCUT2D eigenvalue weighted by Crippen LogP contribution is -2.30. The summed E-state index contributed by atoms with van der Waals surface area (Å²) >= 11 is 0. The summed E-state index contributed by atoms with van der Waals surface area (Å²) in [6, 6.07) is 5.16. The first-order valence-electron chi connectivity index (χ1n) is 4.27. The van der Waals surface area contributed by atoms with E-state index in [1.165, 1.54) is 0 Å². The fourth-order valence-corrected chi connectivity index (χ4v) is 1.62. The summed E-state index contributed by atoms with van der Waals surface area (Å²) in [5.74, 6) is 0.318. The summed E-state index contributed by atoms with van der Waals surface area (Å²) in [6.45, 7) is 0. The number of nitrogens with zero attached hydrogens (tertiary/aromatic N) is 1. The van der Waals surface area contributed by atoms with Crippen LogP contribution in [-0.4, -0.2) is 18.1 Å². The van der Waals surface area contributed by atoms with Crippen LogP contribution in [0.5, 0.6) is 5.75 Å². The smallest absolute Gasteiger partial charge is 0.227 e. The molecule has 1 aromatic rings. The number of hydrogen-bond acceptors (Lipinski definition) is 2. The van der Waals surface area contributed by atoms with E-state index in [0.29, 0.717) is 6.42 Å². The van der Waals surface area contributed by atoms with Gasteiger partial charge in [-0.2, -0.15) is 0 Å². The number of aromatic hydroxyl groups is 1. The van der Waals surface area contributed by atoms with Gasteiger partial charge in [-0.1, -0.05) is 6.07 Å². The third-order valence-electron chi connectivity index (χ3n) is 2.41. The molecule has 0 saturated carbocycles. The zero-order chi connectivity index (χ0) is 9.42. The van der Waals surface area contributed by atoms with E-state index in [9.17, 15) is 9.90 Å². The topological polar surface area (TPSA) is 40.5 Å². The van der Waals surface area contributed by atoms with Crippen LogP contribution < -0.4 is 4.90 Å². The molecule has 1 aliphatic rings. The van der Waals surface area contributed by atoms with E-state index in [2.05, 4.69) is 0 Å². The molecule has 0 radical (unpaired) electrons. The van der Waals surface area contributed by atoms with Crippen LogP contribution in [0.3, 0.4) is 0 Å². The molecule has 1 aromatic carbocycles. The van der Waals surface area contributed by atoms with Crippen molar-refractivity contribution in [2.45, 2.75) is 12.8 Å². The van der Waals surface area contributed by atoms with E-state index in [1.807, 2.05) is 6.07 Å². The third-order valence-corrected chi connectivity index (χ3v) is 2.41. The highest BCUT2D eigenvalue weighted by Gasteiger charge is 2.20. The first-order valence-corrected chi connectivity index (χ1v) is 4.27. The number of benzene rings is 1. The number of carbonyl (C=O) groups excluding carboxylic acids is 1. The van der Waals surface area contributed by atoms with Gasteiger partial charge < -0.3 is 10.0 Å². The molecule has 1 N–H and O–H groups in total. The predicted molar refractivity (Wildman–Crippen MR) is 49.8 cm³/mol. The Labute approximate surface area is 76.6 Å². The van der Waals surface area contributed by atoms with Gasteiger partial charge in [0, 0.05) is 19.5 Å². The Balaban J connectivity index is 2.51. The zero-order valence-electron chi connectivity index (χ0n) is 7.45. The highest BCUT2D eigenvalue weighted by molar-refractivity contribution is 5.96. The molecule has 13 heavy (non-hydrogen) atoms. The maximum absolute atomic E-state index is 11.3. The fourth-order valence-electron chi connectivity index (χ4n) is 1.62. The standard InChI is InChI=1S/C10H11NO2/c1-11-9-6-8(12)4-2-7(9)3-5-10(11)13/h2,4,6,12H,3,5H2,1H3. The van der Waals surface area contributed by atoms with E-state index < -0.39 is 0 Å². The molecule has 1 aliphatic heterocycles. The maximum atomic E-state index is 11.3. The summed E-state index contributed by atoms with van der Waals surface area (Å²) in [4.78, 5) is 12.9. The van der Waals surface area contributed by atoms with Crippen LogP contribution in [0, 0.1) is 0 Å². The molecule has 0 saturated heterocycles. The predicted octanol–water partition coefficient (Wildman–Crippen LogP) is 1.30. The second-order valence-corrected chi connectivity index (χ2v) is 3.27. The summed E-state index contributed by atoms with van der Waals surface area (Å²) in [7, 11) is 1.74. The lowest BCUT2D eigenvalue weighted by molar-refractivity contribution is -0.118. The largest absolute Gasteiger partial charge is 0.508 e. The molecule has 0 bridgehead atoms. The van der Waals surface area contributed by atoms with Gasteiger partial charge in [0.2, 0.25) is 5.91 Å². The summed E-state index contributed by atoms with van der Waals surface area (Å²) in [5, 5.41) is 9.25. The number of hydrogen-bond donors (Lipinski definition) is 1. The molecular weight excluding hydrogens is 166 g/mol. The van der Waals surface area contributed by atoms with Crippen molar-refractivity contribution in [2.24, 2.45) is 0 Å². The number of phenolic OH excluding ortho intramolecular Hbond substituents is 1. The van der Waals surface area contributed by atoms with Gasteiger partial charge in [-0.05, 0) is 18.1 Å². The minimum Gasteiger partial charge on any atom is -0.508 e. The second-order valence-electron chi connectivity index (χ2n) is 3.27. The van der Waals surface area contributed by atoms with Gasteiger partial charge in [0.15, 0.2) is 0 Å². The van der Waals surface area contributed by atoms with Crippen LogP contribution in [0.25, 0.3) is 0 Å². The molecule has 0 atom stereocenters. The Morgan fingerprint density at radius 3 is 2.92 bits per heavy atom. The van der Waals surface area contributed by atoms with Gasteiger partial charge in [0.1, 0.15) is 5.75 Å². The van der Waals surface area contributed by atoms with Gasteiger partial charge >= 0.3 is 0 Å². The second kappa shape index (κ2) is 2.76. The summed E-state index contributed by atoms with van der Waals surface area (Å²) in [6.07, 6.45) is 1.34.